The highest BCUT2D eigenvalue weighted by Gasteiger charge is 2.37. The van der Waals surface area contributed by atoms with Crippen molar-refractivity contribution in [3.05, 3.63) is 47.5 Å². The van der Waals surface area contributed by atoms with Crippen molar-refractivity contribution in [2.45, 2.75) is 13.5 Å². The molecule has 0 atom stereocenters. The molecule has 3 heterocycles. The van der Waals surface area contributed by atoms with Gasteiger partial charge >= 0.3 is 6.03 Å². The summed E-state index contributed by atoms with van der Waals surface area (Å²) in [5.74, 6) is 1.44. The lowest BCUT2D eigenvalue weighted by Crippen LogP contribution is -2.32. The molecule has 8 nitrogen and oxygen atoms in total. The molecular formula is C19H19N5O3. The van der Waals surface area contributed by atoms with Gasteiger partial charge in [0.2, 0.25) is 0 Å². The second-order valence-electron chi connectivity index (χ2n) is 6.47. The molecule has 27 heavy (non-hydrogen) atoms. The van der Waals surface area contributed by atoms with E-state index in [1.54, 1.807) is 25.3 Å². The molecule has 0 radical (unpaired) electrons. The van der Waals surface area contributed by atoms with Crippen molar-refractivity contribution in [3.8, 4) is 5.75 Å². The number of imide groups is 1. The standard InChI is InChI=1S/C19H19N5O3/c1-11-7-14-15(22-18(11)20)8-16(21-14)23-10-17(25)24(19(23)26)9-12-3-5-13(27-2)6-4-12/h3-8,21H,9-10H2,1-2H3,(H2,20,22). The number of rotatable bonds is 4. The Bertz CT molecular complexity index is 1000. The van der Waals surface area contributed by atoms with Crippen LogP contribution in [0.15, 0.2) is 36.4 Å². The van der Waals surface area contributed by atoms with Crippen molar-refractivity contribution < 1.29 is 14.3 Å². The van der Waals surface area contributed by atoms with Crippen LogP contribution in [-0.4, -0.2) is 40.5 Å². The Balaban J connectivity index is 1.58. The Morgan fingerprint density at radius 3 is 2.67 bits per heavy atom. The predicted octanol–water partition coefficient (Wildman–Crippen LogP) is 2.43. The SMILES string of the molecule is COc1ccc(CN2C(=O)CN(c3cc4nc(N)c(C)cc4[nH]3)C2=O)cc1. The molecule has 3 N–H and O–H groups in total. The van der Waals surface area contributed by atoms with Gasteiger partial charge in [0.15, 0.2) is 0 Å². The van der Waals surface area contributed by atoms with E-state index in [0.717, 1.165) is 22.4 Å². The molecule has 4 rings (SSSR count). The molecule has 0 saturated carbocycles. The lowest BCUT2D eigenvalue weighted by molar-refractivity contribution is -0.125. The second kappa shape index (κ2) is 6.31. The van der Waals surface area contributed by atoms with Gasteiger partial charge in [0, 0.05) is 6.07 Å². The zero-order valence-corrected chi connectivity index (χ0v) is 15.0. The number of nitrogens with one attached hydrogen (secondary N) is 1. The number of methoxy groups -OCH3 is 1. The number of nitrogens with two attached hydrogens (primary N) is 1. The maximum absolute atomic E-state index is 12.8. The first-order valence-corrected chi connectivity index (χ1v) is 8.47. The lowest BCUT2D eigenvalue weighted by Gasteiger charge is -2.16. The average molecular weight is 365 g/mol. The second-order valence-corrected chi connectivity index (χ2v) is 6.47. The van der Waals surface area contributed by atoms with E-state index >= 15 is 0 Å². The van der Waals surface area contributed by atoms with Crippen LogP contribution in [0, 0.1) is 6.92 Å². The first-order chi connectivity index (χ1) is 13.0. The van der Waals surface area contributed by atoms with Crippen LogP contribution in [0.4, 0.5) is 16.4 Å². The number of carbonyl (C=O) groups excluding carboxylic acids is 2. The molecule has 1 aromatic carbocycles. The van der Waals surface area contributed by atoms with E-state index in [4.69, 9.17) is 10.5 Å². The topological polar surface area (TPSA) is 105 Å². The molecule has 3 amide bonds. The van der Waals surface area contributed by atoms with E-state index in [9.17, 15) is 9.59 Å². The van der Waals surface area contributed by atoms with Crippen LogP contribution >= 0.6 is 0 Å². The summed E-state index contributed by atoms with van der Waals surface area (Å²) in [4.78, 5) is 35.3. The van der Waals surface area contributed by atoms with Crippen LogP contribution in [0.1, 0.15) is 11.1 Å². The number of hydrogen-bond acceptors (Lipinski definition) is 5. The predicted molar refractivity (Wildman–Crippen MR) is 102 cm³/mol. The summed E-state index contributed by atoms with van der Waals surface area (Å²) in [6, 6.07) is 10.5. The van der Waals surface area contributed by atoms with Gasteiger partial charge in [-0.15, -0.1) is 0 Å². The minimum absolute atomic E-state index is 0.0176. The molecule has 0 bridgehead atoms. The van der Waals surface area contributed by atoms with Crippen LogP contribution in [0.5, 0.6) is 5.75 Å². The molecule has 1 saturated heterocycles. The van der Waals surface area contributed by atoms with Gasteiger partial charge in [0.1, 0.15) is 23.9 Å². The molecule has 0 unspecified atom stereocenters. The van der Waals surface area contributed by atoms with Gasteiger partial charge in [0.25, 0.3) is 5.91 Å². The van der Waals surface area contributed by atoms with E-state index in [-0.39, 0.29) is 25.0 Å². The van der Waals surface area contributed by atoms with Gasteiger partial charge in [-0.25, -0.2) is 9.78 Å². The van der Waals surface area contributed by atoms with Crippen LogP contribution in [0.2, 0.25) is 0 Å². The Morgan fingerprint density at radius 2 is 1.96 bits per heavy atom. The van der Waals surface area contributed by atoms with E-state index in [0.29, 0.717) is 17.2 Å². The smallest absolute Gasteiger partial charge is 0.333 e. The first-order valence-electron chi connectivity index (χ1n) is 8.47. The first kappa shape index (κ1) is 16.9. The van der Waals surface area contributed by atoms with Crippen molar-refractivity contribution in [2.75, 3.05) is 24.3 Å². The molecule has 138 valence electrons. The van der Waals surface area contributed by atoms with Crippen LogP contribution in [0.3, 0.4) is 0 Å². The monoisotopic (exact) mass is 365 g/mol. The van der Waals surface area contributed by atoms with Gasteiger partial charge in [-0.2, -0.15) is 0 Å². The van der Waals surface area contributed by atoms with Crippen LogP contribution in [-0.2, 0) is 11.3 Å². The summed E-state index contributed by atoms with van der Waals surface area (Å²) in [7, 11) is 1.59. The third kappa shape index (κ3) is 2.95. The third-order valence-corrected chi connectivity index (χ3v) is 4.66. The number of fused-ring (bicyclic) bond motifs is 1. The van der Waals surface area contributed by atoms with E-state index in [1.807, 2.05) is 25.1 Å². The number of anilines is 2. The van der Waals surface area contributed by atoms with Crippen molar-refractivity contribution >= 4 is 34.6 Å². The Morgan fingerprint density at radius 1 is 1.22 bits per heavy atom. The number of aromatic nitrogens is 2. The summed E-state index contributed by atoms with van der Waals surface area (Å²) in [6.45, 7) is 2.06. The summed E-state index contributed by atoms with van der Waals surface area (Å²) >= 11 is 0. The van der Waals surface area contributed by atoms with Crippen LogP contribution < -0.4 is 15.4 Å². The van der Waals surface area contributed by atoms with Crippen molar-refractivity contribution in [3.63, 3.8) is 0 Å². The molecular weight excluding hydrogens is 346 g/mol. The maximum atomic E-state index is 12.8. The normalized spacial score (nSPS) is 14.4. The maximum Gasteiger partial charge on any atom is 0.333 e. The number of aryl methyl sites for hydroxylation is 1. The molecule has 3 aromatic rings. The van der Waals surface area contributed by atoms with Crippen molar-refractivity contribution in [2.24, 2.45) is 0 Å². The quantitative estimate of drug-likeness (QED) is 0.691. The van der Waals surface area contributed by atoms with E-state index < -0.39 is 0 Å². The number of urea groups is 1. The number of amides is 3. The van der Waals surface area contributed by atoms with Gasteiger partial charge in [-0.1, -0.05) is 12.1 Å². The summed E-state index contributed by atoms with van der Waals surface area (Å²) in [6.07, 6.45) is 0. The highest BCUT2D eigenvalue weighted by Crippen LogP contribution is 2.27. The van der Waals surface area contributed by atoms with Gasteiger partial charge < -0.3 is 15.5 Å². The summed E-state index contributed by atoms with van der Waals surface area (Å²) in [5, 5.41) is 0. The van der Waals surface area contributed by atoms with Gasteiger partial charge in [-0.3, -0.25) is 14.6 Å². The van der Waals surface area contributed by atoms with Gasteiger partial charge in [0.05, 0.1) is 24.7 Å². The van der Waals surface area contributed by atoms with E-state index in [2.05, 4.69) is 9.97 Å². The average Bonchev–Trinajstić information content (AvgIpc) is 3.18. The highest BCUT2D eigenvalue weighted by molar-refractivity contribution is 6.12. The number of aromatic amines is 1. The van der Waals surface area contributed by atoms with E-state index in [1.165, 1.54) is 9.80 Å². The Hall–Kier alpha value is -3.55. The third-order valence-electron chi connectivity index (χ3n) is 4.66. The summed E-state index contributed by atoms with van der Waals surface area (Å²) < 4.78 is 5.13. The Labute approximate surface area is 155 Å². The zero-order valence-electron chi connectivity index (χ0n) is 15.0. The Kier molecular flexibility index (Phi) is 3.95. The lowest BCUT2D eigenvalue weighted by atomic mass is 10.2. The summed E-state index contributed by atoms with van der Waals surface area (Å²) in [5.41, 5.74) is 8.97. The number of hydrogen-bond donors (Lipinski definition) is 2. The fourth-order valence-electron chi connectivity index (χ4n) is 3.10. The minimum Gasteiger partial charge on any atom is -0.497 e. The zero-order chi connectivity index (χ0) is 19.1. The van der Waals surface area contributed by atoms with Gasteiger partial charge in [-0.05, 0) is 36.2 Å². The largest absolute Gasteiger partial charge is 0.497 e. The van der Waals surface area contributed by atoms with Crippen molar-refractivity contribution in [1.29, 1.82) is 0 Å². The molecule has 2 aromatic heterocycles. The van der Waals surface area contributed by atoms with Crippen LogP contribution in [0.25, 0.3) is 11.0 Å². The number of benzene rings is 1. The molecule has 1 aliphatic heterocycles. The molecule has 0 aliphatic carbocycles. The number of carbonyl (C=O) groups is 2. The molecule has 0 spiro atoms. The highest BCUT2D eigenvalue weighted by atomic mass is 16.5. The fourth-order valence-corrected chi connectivity index (χ4v) is 3.10. The number of ether oxygens (including phenoxy) is 1. The fraction of sp³-hybridized carbons (Fsp3) is 0.211. The minimum atomic E-state index is -0.368. The number of nitrogen functional groups attached to an aromatic ring is 1. The number of H-pyrrole nitrogens is 1. The number of pyridine rings is 1. The molecule has 1 fully saturated rings. The molecule has 8 heteroatoms. The number of nitrogens with zero attached hydrogens (tertiary/aromatic N) is 3. The van der Waals surface area contributed by atoms with Crippen molar-refractivity contribution in [1.82, 2.24) is 14.9 Å². The molecule has 1 aliphatic rings.